The van der Waals surface area contributed by atoms with E-state index in [0.717, 1.165) is 22.5 Å². The number of nitrogens with zero attached hydrogens (tertiary/aromatic N) is 3. The largest absolute Gasteiger partial charge is 0.411 e. The predicted octanol–water partition coefficient (Wildman–Crippen LogP) is 2.26. The molecule has 0 saturated heterocycles. The van der Waals surface area contributed by atoms with Crippen molar-refractivity contribution in [2.45, 2.75) is 6.92 Å². The van der Waals surface area contributed by atoms with Gasteiger partial charge in [0, 0.05) is 12.4 Å². The number of aryl methyl sites for hydroxylation is 1. The molecule has 2 rings (SSSR count). The molecule has 0 radical (unpaired) electrons. The SMILES string of the molecule is Cc1ccnc(-c2cc(/C=N/O)ccn2)c1. The van der Waals surface area contributed by atoms with Gasteiger partial charge in [-0.2, -0.15) is 0 Å². The van der Waals surface area contributed by atoms with Crippen LogP contribution in [0.15, 0.2) is 41.8 Å². The Balaban J connectivity index is 2.44. The second-order valence-electron chi connectivity index (χ2n) is 3.44. The Hall–Kier alpha value is -2.23. The molecule has 2 heterocycles. The van der Waals surface area contributed by atoms with Crippen molar-refractivity contribution >= 4 is 6.21 Å². The van der Waals surface area contributed by atoms with Crippen LogP contribution in [0.2, 0.25) is 0 Å². The monoisotopic (exact) mass is 213 g/mol. The summed E-state index contributed by atoms with van der Waals surface area (Å²) in [5.74, 6) is 0. The van der Waals surface area contributed by atoms with Gasteiger partial charge in [0.1, 0.15) is 0 Å². The number of rotatable bonds is 2. The van der Waals surface area contributed by atoms with Gasteiger partial charge >= 0.3 is 0 Å². The van der Waals surface area contributed by atoms with E-state index in [2.05, 4.69) is 15.1 Å². The van der Waals surface area contributed by atoms with E-state index < -0.39 is 0 Å². The quantitative estimate of drug-likeness (QED) is 0.473. The minimum atomic E-state index is 0.765. The first-order valence-electron chi connectivity index (χ1n) is 4.86. The summed E-state index contributed by atoms with van der Waals surface area (Å²) in [6.07, 6.45) is 4.77. The van der Waals surface area contributed by atoms with Crippen molar-refractivity contribution in [1.29, 1.82) is 0 Å². The fraction of sp³-hybridized carbons (Fsp3) is 0.0833. The molecule has 4 heteroatoms. The molecular formula is C12H11N3O. The third-order valence-electron chi connectivity index (χ3n) is 2.17. The van der Waals surface area contributed by atoms with E-state index in [4.69, 9.17) is 5.21 Å². The van der Waals surface area contributed by atoms with Crippen LogP contribution in [-0.4, -0.2) is 21.4 Å². The maximum atomic E-state index is 8.46. The lowest BCUT2D eigenvalue weighted by molar-refractivity contribution is 0.322. The van der Waals surface area contributed by atoms with Crippen LogP contribution in [0, 0.1) is 6.92 Å². The fourth-order valence-electron chi connectivity index (χ4n) is 1.41. The Morgan fingerprint density at radius 3 is 2.50 bits per heavy atom. The second kappa shape index (κ2) is 4.53. The Morgan fingerprint density at radius 2 is 1.81 bits per heavy atom. The van der Waals surface area contributed by atoms with Gasteiger partial charge in [-0.15, -0.1) is 0 Å². The van der Waals surface area contributed by atoms with E-state index in [9.17, 15) is 0 Å². The molecule has 0 aromatic carbocycles. The molecule has 80 valence electrons. The van der Waals surface area contributed by atoms with Crippen LogP contribution in [0.4, 0.5) is 0 Å². The first-order valence-corrected chi connectivity index (χ1v) is 4.86. The van der Waals surface area contributed by atoms with Crippen molar-refractivity contribution < 1.29 is 5.21 Å². The smallest absolute Gasteiger partial charge is 0.0892 e. The zero-order valence-corrected chi connectivity index (χ0v) is 8.83. The Labute approximate surface area is 93.3 Å². The lowest BCUT2D eigenvalue weighted by atomic mass is 10.1. The molecule has 0 fully saturated rings. The molecule has 0 aliphatic rings. The van der Waals surface area contributed by atoms with Crippen LogP contribution in [-0.2, 0) is 0 Å². The molecule has 0 saturated carbocycles. The number of oxime groups is 1. The molecule has 0 spiro atoms. The van der Waals surface area contributed by atoms with Crippen molar-refractivity contribution in [3.8, 4) is 11.4 Å². The van der Waals surface area contributed by atoms with Crippen LogP contribution in [0.25, 0.3) is 11.4 Å². The molecule has 0 amide bonds. The summed E-state index contributed by atoms with van der Waals surface area (Å²) >= 11 is 0. The van der Waals surface area contributed by atoms with Crippen molar-refractivity contribution in [3.05, 3.63) is 47.8 Å². The lowest BCUT2D eigenvalue weighted by Gasteiger charge is -2.01. The van der Waals surface area contributed by atoms with Gasteiger partial charge in [-0.3, -0.25) is 9.97 Å². The molecule has 2 aromatic heterocycles. The minimum absolute atomic E-state index is 0.765. The van der Waals surface area contributed by atoms with Crippen molar-refractivity contribution in [3.63, 3.8) is 0 Å². The van der Waals surface area contributed by atoms with Gasteiger partial charge in [-0.25, -0.2) is 0 Å². The number of pyridine rings is 2. The molecule has 0 unspecified atom stereocenters. The molecule has 0 aliphatic heterocycles. The average Bonchev–Trinajstić information content (AvgIpc) is 2.30. The fourth-order valence-corrected chi connectivity index (χ4v) is 1.41. The summed E-state index contributed by atoms with van der Waals surface area (Å²) < 4.78 is 0. The second-order valence-corrected chi connectivity index (χ2v) is 3.44. The molecule has 0 bridgehead atoms. The summed E-state index contributed by atoms with van der Waals surface area (Å²) in [7, 11) is 0. The van der Waals surface area contributed by atoms with Gasteiger partial charge in [-0.1, -0.05) is 5.16 Å². The summed E-state index contributed by atoms with van der Waals surface area (Å²) in [5.41, 5.74) is 3.50. The zero-order chi connectivity index (χ0) is 11.4. The highest BCUT2D eigenvalue weighted by Crippen LogP contribution is 2.15. The maximum absolute atomic E-state index is 8.46. The third-order valence-corrected chi connectivity index (χ3v) is 2.17. The van der Waals surface area contributed by atoms with Gasteiger partial charge in [-0.05, 0) is 42.3 Å². The molecule has 4 nitrogen and oxygen atoms in total. The van der Waals surface area contributed by atoms with Crippen molar-refractivity contribution in [2.75, 3.05) is 0 Å². The highest BCUT2D eigenvalue weighted by molar-refractivity contribution is 5.80. The van der Waals surface area contributed by atoms with E-state index >= 15 is 0 Å². The molecular weight excluding hydrogens is 202 g/mol. The maximum Gasteiger partial charge on any atom is 0.0892 e. The topological polar surface area (TPSA) is 58.4 Å². The van der Waals surface area contributed by atoms with E-state index in [1.165, 1.54) is 6.21 Å². The van der Waals surface area contributed by atoms with Gasteiger partial charge in [0.15, 0.2) is 0 Å². The molecule has 16 heavy (non-hydrogen) atoms. The summed E-state index contributed by atoms with van der Waals surface area (Å²) in [4.78, 5) is 8.47. The van der Waals surface area contributed by atoms with Crippen LogP contribution >= 0.6 is 0 Å². The Morgan fingerprint density at radius 1 is 1.12 bits per heavy atom. The van der Waals surface area contributed by atoms with Crippen LogP contribution in [0.1, 0.15) is 11.1 Å². The van der Waals surface area contributed by atoms with E-state index in [1.807, 2.05) is 25.1 Å². The number of hydrogen-bond acceptors (Lipinski definition) is 4. The minimum Gasteiger partial charge on any atom is -0.411 e. The summed E-state index contributed by atoms with van der Waals surface area (Å²) in [6.45, 7) is 2.00. The van der Waals surface area contributed by atoms with E-state index in [0.29, 0.717) is 0 Å². The highest BCUT2D eigenvalue weighted by Gasteiger charge is 2.01. The number of hydrogen-bond donors (Lipinski definition) is 1. The van der Waals surface area contributed by atoms with Gasteiger partial charge < -0.3 is 5.21 Å². The average molecular weight is 213 g/mol. The standard InChI is InChI=1S/C12H11N3O/c1-9-2-4-13-11(6-9)12-7-10(8-15-16)3-5-14-12/h2-8,16H,1H3/b15-8+. The molecule has 0 atom stereocenters. The first-order chi connectivity index (χ1) is 7.79. The van der Waals surface area contributed by atoms with Gasteiger partial charge in [0.2, 0.25) is 0 Å². The van der Waals surface area contributed by atoms with Gasteiger partial charge in [0.25, 0.3) is 0 Å². The first kappa shape index (κ1) is 10.3. The highest BCUT2D eigenvalue weighted by atomic mass is 16.4. The molecule has 1 N–H and O–H groups in total. The van der Waals surface area contributed by atoms with E-state index in [-0.39, 0.29) is 0 Å². The van der Waals surface area contributed by atoms with Crippen molar-refractivity contribution in [2.24, 2.45) is 5.16 Å². The van der Waals surface area contributed by atoms with Crippen molar-refractivity contribution in [1.82, 2.24) is 9.97 Å². The normalized spacial score (nSPS) is 10.8. The van der Waals surface area contributed by atoms with Crippen LogP contribution in [0.5, 0.6) is 0 Å². The summed E-state index contributed by atoms with van der Waals surface area (Å²) in [5, 5.41) is 11.4. The Kier molecular flexibility index (Phi) is 2.91. The third kappa shape index (κ3) is 2.23. The summed E-state index contributed by atoms with van der Waals surface area (Å²) in [6, 6.07) is 7.48. The molecule has 2 aromatic rings. The molecule has 0 aliphatic carbocycles. The predicted molar refractivity (Wildman–Crippen MR) is 61.6 cm³/mol. The van der Waals surface area contributed by atoms with E-state index in [1.54, 1.807) is 18.5 Å². The lowest BCUT2D eigenvalue weighted by Crippen LogP contribution is -1.90. The Bertz CT molecular complexity index is 523. The van der Waals surface area contributed by atoms with Crippen LogP contribution in [0.3, 0.4) is 0 Å². The number of aromatic nitrogens is 2. The zero-order valence-electron chi connectivity index (χ0n) is 8.83. The van der Waals surface area contributed by atoms with Crippen LogP contribution < -0.4 is 0 Å². The van der Waals surface area contributed by atoms with Gasteiger partial charge in [0.05, 0.1) is 17.6 Å².